The Morgan fingerprint density at radius 3 is 2.76 bits per heavy atom. The van der Waals surface area contributed by atoms with Crippen molar-refractivity contribution in [3.05, 3.63) is 0 Å². The molecule has 6 heteroatoms. The maximum Gasteiger partial charge on any atom is 0.249 e. The first-order valence-corrected chi connectivity index (χ1v) is 6.15. The van der Waals surface area contributed by atoms with Crippen LogP contribution < -0.4 is 10.6 Å². The molecule has 0 saturated carbocycles. The Balaban J connectivity index is 1.69. The van der Waals surface area contributed by atoms with E-state index >= 15 is 0 Å². The van der Waals surface area contributed by atoms with E-state index in [9.17, 15) is 9.59 Å². The van der Waals surface area contributed by atoms with Crippen molar-refractivity contribution in [2.75, 3.05) is 39.3 Å². The van der Waals surface area contributed by atoms with Gasteiger partial charge in [0.1, 0.15) is 6.10 Å². The lowest BCUT2D eigenvalue weighted by molar-refractivity contribution is -0.136. The van der Waals surface area contributed by atoms with Crippen LogP contribution in [0.3, 0.4) is 0 Å². The van der Waals surface area contributed by atoms with Gasteiger partial charge in [-0.05, 0) is 12.8 Å². The van der Waals surface area contributed by atoms with Gasteiger partial charge in [0.15, 0.2) is 0 Å². The lowest BCUT2D eigenvalue weighted by Gasteiger charge is -2.27. The molecule has 2 aliphatic heterocycles. The van der Waals surface area contributed by atoms with Crippen molar-refractivity contribution in [1.82, 2.24) is 15.5 Å². The molecule has 0 radical (unpaired) electrons. The molecule has 0 spiro atoms. The standard InChI is InChI=1S/C11H19N3O3/c15-10(14-5-3-12-4-6-14)8-13-11(16)9-2-1-7-17-9/h9,12H,1-8H2,(H,13,16). The first-order chi connectivity index (χ1) is 8.27. The smallest absolute Gasteiger partial charge is 0.249 e. The number of hydrogen-bond acceptors (Lipinski definition) is 4. The van der Waals surface area contributed by atoms with Crippen LogP contribution in [0, 0.1) is 0 Å². The van der Waals surface area contributed by atoms with E-state index in [1.165, 1.54) is 0 Å². The third-order valence-corrected chi connectivity index (χ3v) is 3.11. The van der Waals surface area contributed by atoms with E-state index in [1.807, 2.05) is 0 Å². The first kappa shape index (κ1) is 12.3. The second-order valence-corrected chi connectivity index (χ2v) is 4.35. The van der Waals surface area contributed by atoms with Gasteiger partial charge in [0.05, 0.1) is 6.54 Å². The van der Waals surface area contributed by atoms with E-state index < -0.39 is 0 Å². The molecular formula is C11H19N3O3. The van der Waals surface area contributed by atoms with Crippen molar-refractivity contribution < 1.29 is 14.3 Å². The number of carbonyl (C=O) groups is 2. The summed E-state index contributed by atoms with van der Waals surface area (Å²) < 4.78 is 5.25. The minimum absolute atomic E-state index is 0.0159. The molecule has 2 amide bonds. The topological polar surface area (TPSA) is 70.7 Å². The Labute approximate surface area is 101 Å². The molecule has 1 atom stereocenters. The van der Waals surface area contributed by atoms with Crippen LogP contribution in [0.5, 0.6) is 0 Å². The molecule has 96 valence electrons. The van der Waals surface area contributed by atoms with E-state index in [-0.39, 0.29) is 24.5 Å². The zero-order valence-corrected chi connectivity index (χ0v) is 9.91. The van der Waals surface area contributed by atoms with Crippen molar-refractivity contribution in [2.45, 2.75) is 18.9 Å². The van der Waals surface area contributed by atoms with Gasteiger partial charge in [-0.15, -0.1) is 0 Å². The molecule has 2 aliphatic rings. The van der Waals surface area contributed by atoms with Crippen LogP contribution in [0.4, 0.5) is 0 Å². The van der Waals surface area contributed by atoms with E-state index in [1.54, 1.807) is 4.90 Å². The van der Waals surface area contributed by atoms with Gasteiger partial charge in [-0.3, -0.25) is 9.59 Å². The minimum Gasteiger partial charge on any atom is -0.368 e. The maximum absolute atomic E-state index is 11.8. The summed E-state index contributed by atoms with van der Waals surface area (Å²) in [5.41, 5.74) is 0. The van der Waals surface area contributed by atoms with E-state index in [2.05, 4.69) is 10.6 Å². The lowest BCUT2D eigenvalue weighted by atomic mass is 10.2. The number of nitrogens with one attached hydrogen (secondary N) is 2. The summed E-state index contributed by atoms with van der Waals surface area (Å²) in [6.45, 7) is 3.81. The Morgan fingerprint density at radius 1 is 1.35 bits per heavy atom. The molecule has 1 unspecified atom stereocenters. The highest BCUT2D eigenvalue weighted by atomic mass is 16.5. The Kier molecular flexibility index (Phi) is 4.33. The third kappa shape index (κ3) is 3.41. The first-order valence-electron chi connectivity index (χ1n) is 6.15. The van der Waals surface area contributed by atoms with Gasteiger partial charge in [0.2, 0.25) is 11.8 Å². The van der Waals surface area contributed by atoms with Crippen LogP contribution in [-0.2, 0) is 14.3 Å². The molecule has 2 N–H and O–H groups in total. The zero-order chi connectivity index (χ0) is 12.1. The highest BCUT2D eigenvalue weighted by molar-refractivity contribution is 5.87. The molecule has 2 fully saturated rings. The highest BCUT2D eigenvalue weighted by Crippen LogP contribution is 2.11. The zero-order valence-electron chi connectivity index (χ0n) is 9.91. The van der Waals surface area contributed by atoms with Gasteiger partial charge < -0.3 is 20.3 Å². The molecule has 2 heterocycles. The van der Waals surface area contributed by atoms with Crippen molar-refractivity contribution in [1.29, 1.82) is 0 Å². The van der Waals surface area contributed by atoms with Crippen molar-refractivity contribution in [3.63, 3.8) is 0 Å². The number of ether oxygens (including phenoxy) is 1. The summed E-state index contributed by atoms with van der Waals surface area (Å²) in [7, 11) is 0. The second kappa shape index (κ2) is 5.97. The maximum atomic E-state index is 11.8. The van der Waals surface area contributed by atoms with Crippen LogP contribution >= 0.6 is 0 Å². The van der Waals surface area contributed by atoms with Crippen LogP contribution in [-0.4, -0.2) is 62.1 Å². The predicted molar refractivity (Wildman–Crippen MR) is 61.4 cm³/mol. The summed E-state index contributed by atoms with van der Waals surface area (Å²) in [5.74, 6) is -0.177. The Hall–Kier alpha value is -1.14. The van der Waals surface area contributed by atoms with Gasteiger partial charge >= 0.3 is 0 Å². The highest BCUT2D eigenvalue weighted by Gasteiger charge is 2.24. The van der Waals surface area contributed by atoms with Gasteiger partial charge in [-0.1, -0.05) is 0 Å². The van der Waals surface area contributed by atoms with E-state index in [0.29, 0.717) is 19.7 Å². The summed E-state index contributed by atoms with van der Waals surface area (Å²) in [4.78, 5) is 25.1. The largest absolute Gasteiger partial charge is 0.368 e. The summed E-state index contributed by atoms with van der Waals surface area (Å²) in [6, 6.07) is 0. The number of piperazine rings is 1. The number of nitrogens with zero attached hydrogens (tertiary/aromatic N) is 1. The molecule has 0 aromatic heterocycles. The molecule has 6 nitrogen and oxygen atoms in total. The van der Waals surface area contributed by atoms with Gasteiger partial charge in [0, 0.05) is 32.8 Å². The molecule has 0 aliphatic carbocycles. The minimum atomic E-state index is -0.356. The quantitative estimate of drug-likeness (QED) is 0.645. The predicted octanol–water partition coefficient (Wildman–Crippen LogP) is -1.29. The SMILES string of the molecule is O=C(NCC(=O)N1CCNCC1)C1CCCO1. The Bertz CT molecular complexity index is 284. The monoisotopic (exact) mass is 241 g/mol. The number of hydrogen-bond donors (Lipinski definition) is 2. The van der Waals surface area contributed by atoms with Crippen molar-refractivity contribution >= 4 is 11.8 Å². The molecule has 17 heavy (non-hydrogen) atoms. The van der Waals surface area contributed by atoms with Crippen LogP contribution in [0.1, 0.15) is 12.8 Å². The molecular weight excluding hydrogens is 222 g/mol. The molecule has 2 saturated heterocycles. The molecule has 0 aromatic carbocycles. The fourth-order valence-corrected chi connectivity index (χ4v) is 2.09. The van der Waals surface area contributed by atoms with Crippen LogP contribution in [0.2, 0.25) is 0 Å². The third-order valence-electron chi connectivity index (χ3n) is 3.11. The number of amides is 2. The fraction of sp³-hybridized carbons (Fsp3) is 0.818. The Morgan fingerprint density at radius 2 is 2.12 bits per heavy atom. The second-order valence-electron chi connectivity index (χ2n) is 4.35. The summed E-state index contributed by atoms with van der Waals surface area (Å²) in [5, 5.41) is 5.82. The average molecular weight is 241 g/mol. The van der Waals surface area contributed by atoms with E-state index in [4.69, 9.17) is 4.74 Å². The molecule has 0 bridgehead atoms. The normalized spacial score (nSPS) is 24.7. The van der Waals surface area contributed by atoms with Gasteiger partial charge in [0.25, 0.3) is 0 Å². The lowest BCUT2D eigenvalue weighted by Crippen LogP contribution is -2.50. The van der Waals surface area contributed by atoms with Crippen LogP contribution in [0.15, 0.2) is 0 Å². The van der Waals surface area contributed by atoms with Crippen molar-refractivity contribution in [2.24, 2.45) is 0 Å². The van der Waals surface area contributed by atoms with Crippen LogP contribution in [0.25, 0.3) is 0 Å². The fourth-order valence-electron chi connectivity index (χ4n) is 2.09. The van der Waals surface area contributed by atoms with Gasteiger partial charge in [-0.2, -0.15) is 0 Å². The molecule has 0 aromatic rings. The number of carbonyl (C=O) groups excluding carboxylic acids is 2. The summed E-state index contributed by atoms with van der Waals surface area (Å²) in [6.07, 6.45) is 1.32. The average Bonchev–Trinajstić information content (AvgIpc) is 2.90. The van der Waals surface area contributed by atoms with Crippen molar-refractivity contribution in [3.8, 4) is 0 Å². The van der Waals surface area contributed by atoms with Gasteiger partial charge in [-0.25, -0.2) is 0 Å². The number of rotatable bonds is 3. The summed E-state index contributed by atoms with van der Waals surface area (Å²) >= 11 is 0. The molecule has 2 rings (SSSR count). The van der Waals surface area contributed by atoms with E-state index in [0.717, 1.165) is 25.9 Å².